The van der Waals surface area contributed by atoms with Gasteiger partial charge in [-0.1, -0.05) is 12.1 Å². The number of piperidine rings is 1. The van der Waals surface area contributed by atoms with Crippen molar-refractivity contribution < 1.29 is 9.53 Å². The summed E-state index contributed by atoms with van der Waals surface area (Å²) >= 11 is 0. The van der Waals surface area contributed by atoms with Crippen molar-refractivity contribution in [3.63, 3.8) is 0 Å². The Morgan fingerprint density at radius 2 is 2.04 bits per heavy atom. The van der Waals surface area contributed by atoms with Crippen molar-refractivity contribution in [1.29, 1.82) is 0 Å². The fraction of sp³-hybridized carbons (Fsp3) is 0.611. The monoisotopic (exact) mass is 338 g/mol. The molecule has 1 aromatic rings. The Bertz CT molecular complexity index is 511. The maximum absolute atomic E-state index is 12.0. The molecule has 2 aliphatic rings. The number of amides is 1. The zero-order valence-corrected chi connectivity index (χ0v) is 14.5. The van der Waals surface area contributed by atoms with E-state index in [1.807, 2.05) is 31.2 Å². The number of aryl methyl sites for hydroxylation is 1. The van der Waals surface area contributed by atoms with Gasteiger partial charge in [0.1, 0.15) is 12.4 Å². The lowest BCUT2D eigenvalue weighted by molar-refractivity contribution is -0.122. The van der Waals surface area contributed by atoms with E-state index >= 15 is 0 Å². The van der Waals surface area contributed by atoms with Gasteiger partial charge in [0.25, 0.3) is 0 Å². The molecule has 1 amide bonds. The Morgan fingerprint density at radius 1 is 1.30 bits per heavy atom. The minimum absolute atomic E-state index is 0. The number of hydrogen-bond donors (Lipinski definition) is 2. The van der Waals surface area contributed by atoms with Crippen molar-refractivity contribution in [2.24, 2.45) is 5.92 Å². The van der Waals surface area contributed by atoms with E-state index < -0.39 is 0 Å². The van der Waals surface area contributed by atoms with Gasteiger partial charge in [0, 0.05) is 18.5 Å². The number of rotatable bonds is 6. The van der Waals surface area contributed by atoms with Gasteiger partial charge in [-0.3, -0.25) is 4.79 Å². The van der Waals surface area contributed by atoms with Crippen LogP contribution in [0.15, 0.2) is 24.3 Å². The van der Waals surface area contributed by atoms with Gasteiger partial charge in [0.2, 0.25) is 5.91 Å². The highest BCUT2D eigenvalue weighted by atomic mass is 35.5. The summed E-state index contributed by atoms with van der Waals surface area (Å²) in [7, 11) is 0. The molecule has 1 aromatic carbocycles. The number of carbonyl (C=O) groups excluding carboxylic acids is 1. The van der Waals surface area contributed by atoms with Crippen molar-refractivity contribution in [3.8, 4) is 5.75 Å². The van der Waals surface area contributed by atoms with Crippen LogP contribution in [0.25, 0.3) is 0 Å². The Hall–Kier alpha value is -1.26. The second kappa shape index (κ2) is 8.55. The van der Waals surface area contributed by atoms with E-state index in [0.29, 0.717) is 37.6 Å². The molecular formula is C18H27ClN2O2. The normalized spacial score (nSPS) is 25.5. The molecule has 0 radical (unpaired) electrons. The van der Waals surface area contributed by atoms with Crippen LogP contribution in [0.1, 0.15) is 37.7 Å². The molecule has 0 aliphatic carbocycles. The Labute approximate surface area is 144 Å². The second-order valence-electron chi connectivity index (χ2n) is 6.69. The standard InChI is InChI=1S/C18H26N2O2.ClH/c1-13-3-2-4-17(9-13)22-8-7-19-18(21)12-14-10-15-5-6-16(11-14)20-15;/h2-4,9,14-16,20H,5-8,10-12H2,1H3,(H,19,21);1H. The highest BCUT2D eigenvalue weighted by Crippen LogP contribution is 2.32. The van der Waals surface area contributed by atoms with Crippen LogP contribution in [0.4, 0.5) is 0 Å². The van der Waals surface area contributed by atoms with E-state index in [4.69, 9.17) is 4.74 Å². The third-order valence-electron chi connectivity index (χ3n) is 4.73. The van der Waals surface area contributed by atoms with Gasteiger partial charge >= 0.3 is 0 Å². The molecule has 5 heteroatoms. The van der Waals surface area contributed by atoms with Gasteiger partial charge in [-0.25, -0.2) is 0 Å². The lowest BCUT2D eigenvalue weighted by Gasteiger charge is -2.28. The molecular weight excluding hydrogens is 312 g/mol. The number of halogens is 1. The predicted octanol–water partition coefficient (Wildman–Crippen LogP) is 2.83. The SMILES string of the molecule is Cc1cccc(OCCNC(=O)CC2CC3CCC(C2)N3)c1.Cl. The number of hydrogen-bond acceptors (Lipinski definition) is 3. The molecule has 2 aliphatic heterocycles. The minimum atomic E-state index is 0. The Kier molecular flexibility index (Phi) is 6.72. The number of nitrogens with one attached hydrogen (secondary N) is 2. The largest absolute Gasteiger partial charge is 0.492 e. The maximum atomic E-state index is 12.0. The van der Waals surface area contributed by atoms with Crippen molar-refractivity contribution in [3.05, 3.63) is 29.8 Å². The second-order valence-corrected chi connectivity index (χ2v) is 6.69. The number of benzene rings is 1. The first-order chi connectivity index (χ1) is 10.7. The lowest BCUT2D eigenvalue weighted by atomic mass is 9.89. The molecule has 2 bridgehead atoms. The molecule has 2 heterocycles. The molecule has 23 heavy (non-hydrogen) atoms. The zero-order valence-electron chi connectivity index (χ0n) is 13.7. The molecule has 2 unspecified atom stereocenters. The molecule has 3 rings (SSSR count). The van der Waals surface area contributed by atoms with Crippen LogP contribution in [0.3, 0.4) is 0 Å². The van der Waals surface area contributed by atoms with Crippen molar-refractivity contribution in [2.45, 2.75) is 51.1 Å². The lowest BCUT2D eigenvalue weighted by Crippen LogP contribution is -2.40. The zero-order chi connectivity index (χ0) is 15.4. The first-order valence-corrected chi connectivity index (χ1v) is 8.41. The fourth-order valence-electron chi connectivity index (χ4n) is 3.74. The molecule has 0 aromatic heterocycles. The molecule has 2 N–H and O–H groups in total. The van der Waals surface area contributed by atoms with Crippen LogP contribution in [-0.2, 0) is 4.79 Å². The molecule has 4 nitrogen and oxygen atoms in total. The van der Waals surface area contributed by atoms with E-state index in [1.54, 1.807) is 0 Å². The van der Waals surface area contributed by atoms with E-state index in [2.05, 4.69) is 10.6 Å². The Morgan fingerprint density at radius 3 is 2.74 bits per heavy atom. The summed E-state index contributed by atoms with van der Waals surface area (Å²) in [6, 6.07) is 9.28. The van der Waals surface area contributed by atoms with Gasteiger partial charge in [-0.05, 0) is 56.2 Å². The van der Waals surface area contributed by atoms with E-state index in [1.165, 1.54) is 18.4 Å². The summed E-state index contributed by atoms with van der Waals surface area (Å²) in [5.74, 6) is 1.58. The quantitative estimate of drug-likeness (QED) is 0.784. The third-order valence-corrected chi connectivity index (χ3v) is 4.73. The minimum Gasteiger partial charge on any atom is -0.492 e. The van der Waals surface area contributed by atoms with E-state index in [0.717, 1.165) is 18.6 Å². The van der Waals surface area contributed by atoms with Crippen molar-refractivity contribution in [1.82, 2.24) is 10.6 Å². The van der Waals surface area contributed by atoms with Gasteiger partial charge in [0.15, 0.2) is 0 Å². The number of carbonyl (C=O) groups is 1. The topological polar surface area (TPSA) is 50.4 Å². The summed E-state index contributed by atoms with van der Waals surface area (Å²) in [5, 5.41) is 6.60. The number of ether oxygens (including phenoxy) is 1. The van der Waals surface area contributed by atoms with Crippen molar-refractivity contribution >= 4 is 18.3 Å². The summed E-state index contributed by atoms with van der Waals surface area (Å²) < 4.78 is 5.65. The van der Waals surface area contributed by atoms with E-state index in [-0.39, 0.29) is 18.3 Å². The van der Waals surface area contributed by atoms with Crippen LogP contribution in [0, 0.1) is 12.8 Å². The summed E-state index contributed by atoms with van der Waals surface area (Å²) in [6.07, 6.45) is 5.55. The van der Waals surface area contributed by atoms with Gasteiger partial charge in [-0.2, -0.15) is 0 Å². The number of fused-ring (bicyclic) bond motifs is 2. The maximum Gasteiger partial charge on any atom is 0.220 e. The van der Waals surface area contributed by atoms with Crippen LogP contribution in [0.2, 0.25) is 0 Å². The molecule has 2 atom stereocenters. The van der Waals surface area contributed by atoms with Crippen molar-refractivity contribution in [2.75, 3.05) is 13.2 Å². The highest BCUT2D eigenvalue weighted by Gasteiger charge is 2.33. The van der Waals surface area contributed by atoms with Gasteiger partial charge < -0.3 is 15.4 Å². The molecule has 0 spiro atoms. The molecule has 0 saturated carbocycles. The predicted molar refractivity (Wildman–Crippen MR) is 94.2 cm³/mol. The molecule has 2 saturated heterocycles. The van der Waals surface area contributed by atoms with Crippen LogP contribution in [0.5, 0.6) is 5.75 Å². The average molecular weight is 339 g/mol. The van der Waals surface area contributed by atoms with E-state index in [9.17, 15) is 4.79 Å². The first-order valence-electron chi connectivity index (χ1n) is 8.41. The Balaban J connectivity index is 0.00000192. The highest BCUT2D eigenvalue weighted by molar-refractivity contribution is 5.85. The molecule has 2 fully saturated rings. The van der Waals surface area contributed by atoms with Crippen LogP contribution in [-0.4, -0.2) is 31.1 Å². The third kappa shape index (κ3) is 5.40. The smallest absolute Gasteiger partial charge is 0.220 e. The van der Waals surface area contributed by atoms with Crippen LogP contribution < -0.4 is 15.4 Å². The molecule has 128 valence electrons. The van der Waals surface area contributed by atoms with Gasteiger partial charge in [0.05, 0.1) is 6.54 Å². The average Bonchev–Trinajstić information content (AvgIpc) is 2.83. The fourth-order valence-corrected chi connectivity index (χ4v) is 3.74. The van der Waals surface area contributed by atoms with Crippen LogP contribution >= 0.6 is 12.4 Å². The summed E-state index contributed by atoms with van der Waals surface area (Å²) in [6.45, 7) is 3.14. The first kappa shape index (κ1) is 18.1. The summed E-state index contributed by atoms with van der Waals surface area (Å²) in [4.78, 5) is 12.0. The van der Waals surface area contributed by atoms with Gasteiger partial charge in [-0.15, -0.1) is 12.4 Å². The summed E-state index contributed by atoms with van der Waals surface area (Å²) in [5.41, 5.74) is 1.18.